The Kier molecular flexibility index (Phi) is 8.05. The molecule has 1 N–H and O–H groups in total. The second-order valence-corrected chi connectivity index (χ2v) is 7.19. The highest BCUT2D eigenvalue weighted by atomic mass is 16.5. The number of nitrogens with one attached hydrogen (secondary N) is 1. The van der Waals surface area contributed by atoms with Crippen LogP contribution in [0.25, 0.3) is 0 Å². The average molecular weight is 383 g/mol. The Morgan fingerprint density at radius 1 is 0.964 bits per heavy atom. The van der Waals surface area contributed by atoms with Crippen molar-refractivity contribution in [2.45, 2.75) is 52.2 Å². The van der Waals surface area contributed by atoms with Gasteiger partial charge in [0.25, 0.3) is 0 Å². The largest absolute Gasteiger partial charge is 0.497 e. The summed E-state index contributed by atoms with van der Waals surface area (Å²) in [6.07, 6.45) is 1.01. The summed E-state index contributed by atoms with van der Waals surface area (Å²) in [5.74, 6) is 0.582. The summed E-state index contributed by atoms with van der Waals surface area (Å²) in [5.41, 5.74) is 2.07. The maximum Gasteiger partial charge on any atom is 0.242 e. The summed E-state index contributed by atoms with van der Waals surface area (Å²) in [6, 6.07) is 17.0. The van der Waals surface area contributed by atoms with Gasteiger partial charge >= 0.3 is 0 Å². The third-order valence-electron chi connectivity index (χ3n) is 4.58. The van der Waals surface area contributed by atoms with E-state index in [1.54, 1.807) is 18.9 Å². The van der Waals surface area contributed by atoms with Crippen molar-refractivity contribution in [2.24, 2.45) is 0 Å². The van der Waals surface area contributed by atoms with Crippen molar-refractivity contribution in [2.75, 3.05) is 7.11 Å². The minimum atomic E-state index is -0.548. The van der Waals surface area contributed by atoms with E-state index in [0.29, 0.717) is 19.4 Å². The molecule has 2 rings (SSSR count). The van der Waals surface area contributed by atoms with Crippen LogP contribution in [0.2, 0.25) is 0 Å². The zero-order valence-corrected chi connectivity index (χ0v) is 17.1. The molecule has 0 aromatic heterocycles. The molecule has 28 heavy (non-hydrogen) atoms. The van der Waals surface area contributed by atoms with Gasteiger partial charge in [-0.15, -0.1) is 0 Å². The van der Waals surface area contributed by atoms with Crippen LogP contribution in [-0.4, -0.2) is 35.9 Å². The van der Waals surface area contributed by atoms with Crippen molar-refractivity contribution in [1.82, 2.24) is 10.2 Å². The van der Waals surface area contributed by atoms with Crippen LogP contribution in [-0.2, 0) is 22.6 Å². The topological polar surface area (TPSA) is 58.6 Å². The number of carbonyl (C=O) groups is 2. The molecular formula is C23H30N2O3. The Labute approximate surface area is 167 Å². The van der Waals surface area contributed by atoms with Gasteiger partial charge in [0, 0.05) is 19.0 Å². The number of amides is 2. The first-order valence-corrected chi connectivity index (χ1v) is 9.67. The van der Waals surface area contributed by atoms with Gasteiger partial charge in [-0.05, 0) is 50.5 Å². The Morgan fingerprint density at radius 3 is 2.18 bits per heavy atom. The summed E-state index contributed by atoms with van der Waals surface area (Å²) >= 11 is 0. The van der Waals surface area contributed by atoms with E-state index in [9.17, 15) is 9.59 Å². The number of benzene rings is 2. The molecular weight excluding hydrogens is 352 g/mol. The highest BCUT2D eigenvalue weighted by Gasteiger charge is 2.26. The van der Waals surface area contributed by atoms with E-state index < -0.39 is 6.04 Å². The van der Waals surface area contributed by atoms with E-state index >= 15 is 0 Å². The van der Waals surface area contributed by atoms with Gasteiger partial charge in [-0.3, -0.25) is 9.59 Å². The Bertz CT molecular complexity index is 757. The lowest BCUT2D eigenvalue weighted by Gasteiger charge is -2.29. The van der Waals surface area contributed by atoms with Crippen molar-refractivity contribution in [3.8, 4) is 5.75 Å². The van der Waals surface area contributed by atoms with Crippen LogP contribution in [0, 0.1) is 0 Å². The van der Waals surface area contributed by atoms with Crippen LogP contribution in [0.4, 0.5) is 0 Å². The molecule has 0 aliphatic carbocycles. The molecule has 0 saturated heterocycles. The summed E-state index contributed by atoms with van der Waals surface area (Å²) in [7, 11) is 1.62. The van der Waals surface area contributed by atoms with Gasteiger partial charge in [-0.25, -0.2) is 0 Å². The Hall–Kier alpha value is -2.82. The number of carbonyl (C=O) groups excluding carboxylic acids is 2. The predicted molar refractivity (Wildman–Crippen MR) is 111 cm³/mol. The van der Waals surface area contributed by atoms with Gasteiger partial charge in [-0.2, -0.15) is 0 Å². The zero-order valence-electron chi connectivity index (χ0n) is 17.1. The molecule has 0 bridgehead atoms. The van der Waals surface area contributed by atoms with E-state index in [-0.39, 0.29) is 17.9 Å². The van der Waals surface area contributed by atoms with Crippen molar-refractivity contribution >= 4 is 11.8 Å². The van der Waals surface area contributed by atoms with Crippen molar-refractivity contribution in [3.05, 3.63) is 65.7 Å². The van der Waals surface area contributed by atoms with Crippen LogP contribution >= 0.6 is 0 Å². The minimum absolute atomic E-state index is 0.0252. The summed E-state index contributed by atoms with van der Waals surface area (Å²) in [5, 5.41) is 2.90. The van der Waals surface area contributed by atoms with Crippen molar-refractivity contribution in [1.29, 1.82) is 0 Å². The first-order chi connectivity index (χ1) is 13.4. The lowest BCUT2D eigenvalue weighted by atomic mass is 10.1. The van der Waals surface area contributed by atoms with Crippen LogP contribution < -0.4 is 10.1 Å². The lowest BCUT2D eigenvalue weighted by Crippen LogP contribution is -2.49. The van der Waals surface area contributed by atoms with Gasteiger partial charge in [0.05, 0.1) is 7.11 Å². The molecule has 0 saturated carbocycles. The molecule has 0 radical (unpaired) electrons. The number of aryl methyl sites for hydroxylation is 1. The van der Waals surface area contributed by atoms with Crippen LogP contribution in [0.5, 0.6) is 5.75 Å². The second kappa shape index (κ2) is 10.5. The molecule has 150 valence electrons. The average Bonchev–Trinajstić information content (AvgIpc) is 2.70. The van der Waals surface area contributed by atoms with Gasteiger partial charge < -0.3 is 15.0 Å². The monoisotopic (exact) mass is 382 g/mol. The number of methoxy groups -OCH3 is 1. The molecule has 0 aliphatic heterocycles. The third kappa shape index (κ3) is 6.41. The standard InChI is InChI=1S/C23H30N2O3/c1-17(2)24-23(27)18(3)25(16-20-10-13-21(28-4)14-11-20)22(26)15-12-19-8-6-5-7-9-19/h5-11,13-14,17-18H,12,15-16H2,1-4H3,(H,24,27)/t18-/m1/s1. The van der Waals surface area contributed by atoms with E-state index in [2.05, 4.69) is 5.32 Å². The molecule has 5 nitrogen and oxygen atoms in total. The second-order valence-electron chi connectivity index (χ2n) is 7.19. The first-order valence-electron chi connectivity index (χ1n) is 9.67. The van der Waals surface area contributed by atoms with Crippen LogP contribution in [0.1, 0.15) is 38.3 Å². The van der Waals surface area contributed by atoms with E-state index in [0.717, 1.165) is 16.9 Å². The quantitative estimate of drug-likeness (QED) is 0.721. The maximum absolute atomic E-state index is 13.0. The number of nitrogens with zero attached hydrogens (tertiary/aromatic N) is 1. The van der Waals surface area contributed by atoms with E-state index in [1.807, 2.05) is 68.4 Å². The fourth-order valence-corrected chi connectivity index (χ4v) is 2.95. The number of hydrogen-bond acceptors (Lipinski definition) is 3. The van der Waals surface area contributed by atoms with Gasteiger partial charge in [0.15, 0.2) is 0 Å². The molecule has 0 unspecified atom stereocenters. The van der Waals surface area contributed by atoms with Gasteiger partial charge in [0.1, 0.15) is 11.8 Å². The molecule has 0 spiro atoms. The minimum Gasteiger partial charge on any atom is -0.497 e. The fourth-order valence-electron chi connectivity index (χ4n) is 2.95. The molecule has 2 aromatic carbocycles. The molecule has 0 aliphatic rings. The molecule has 0 heterocycles. The molecule has 2 amide bonds. The van der Waals surface area contributed by atoms with E-state index in [4.69, 9.17) is 4.74 Å². The number of rotatable bonds is 9. The lowest BCUT2D eigenvalue weighted by molar-refractivity contribution is -0.140. The van der Waals surface area contributed by atoms with Crippen LogP contribution in [0.15, 0.2) is 54.6 Å². The third-order valence-corrected chi connectivity index (χ3v) is 4.58. The molecule has 0 fully saturated rings. The number of hydrogen-bond donors (Lipinski definition) is 1. The SMILES string of the molecule is COc1ccc(CN(C(=O)CCc2ccccc2)[C@H](C)C(=O)NC(C)C)cc1. The summed E-state index contributed by atoms with van der Waals surface area (Å²) in [6.45, 7) is 5.98. The van der Waals surface area contributed by atoms with Crippen molar-refractivity contribution in [3.63, 3.8) is 0 Å². The van der Waals surface area contributed by atoms with Gasteiger partial charge in [0.2, 0.25) is 11.8 Å². The number of ether oxygens (including phenoxy) is 1. The predicted octanol–water partition coefficient (Wildman–Crippen LogP) is 3.57. The highest BCUT2D eigenvalue weighted by Crippen LogP contribution is 2.16. The zero-order chi connectivity index (χ0) is 20.5. The van der Waals surface area contributed by atoms with Gasteiger partial charge in [-0.1, -0.05) is 42.5 Å². The fraction of sp³-hybridized carbons (Fsp3) is 0.391. The molecule has 5 heteroatoms. The highest BCUT2D eigenvalue weighted by molar-refractivity contribution is 5.87. The normalized spacial score (nSPS) is 11.8. The van der Waals surface area contributed by atoms with E-state index in [1.165, 1.54) is 0 Å². The smallest absolute Gasteiger partial charge is 0.242 e. The Morgan fingerprint density at radius 2 is 1.61 bits per heavy atom. The Balaban J connectivity index is 2.13. The summed E-state index contributed by atoms with van der Waals surface area (Å²) in [4.78, 5) is 27.2. The molecule has 2 aromatic rings. The first kappa shape index (κ1) is 21.5. The maximum atomic E-state index is 13.0. The summed E-state index contributed by atoms with van der Waals surface area (Å²) < 4.78 is 5.19. The molecule has 1 atom stereocenters. The van der Waals surface area contributed by atoms with Crippen LogP contribution in [0.3, 0.4) is 0 Å². The van der Waals surface area contributed by atoms with Crippen molar-refractivity contribution < 1.29 is 14.3 Å².